The number of benzene rings is 1. The molecule has 2 N–H and O–H groups in total. The summed E-state index contributed by atoms with van der Waals surface area (Å²) in [5.74, 6) is -0.772. The second-order valence-electron chi connectivity index (χ2n) is 11.0. The minimum absolute atomic E-state index is 0.0607. The molecular weight excluding hydrogens is 511 g/mol. The molecule has 2 aliphatic rings. The number of carbonyl (C=O) groups is 2. The Morgan fingerprint density at radius 2 is 2.00 bits per heavy atom. The van der Waals surface area contributed by atoms with Gasteiger partial charge in [-0.2, -0.15) is 0 Å². The summed E-state index contributed by atoms with van der Waals surface area (Å²) in [7, 11) is -4.25. The van der Waals surface area contributed by atoms with E-state index in [1.54, 1.807) is 12.1 Å². The number of rotatable bonds is 8. The van der Waals surface area contributed by atoms with E-state index in [0.29, 0.717) is 36.0 Å². The number of nitrogens with zero attached hydrogens (tertiary/aromatic N) is 2. The van der Waals surface area contributed by atoms with Gasteiger partial charge in [-0.1, -0.05) is 20.8 Å². The Balaban J connectivity index is 1.74. The molecule has 4 rings (SSSR count). The number of aromatic nitrogens is 1. The fraction of sp³-hybridized carbons (Fsp3) is 0.519. The van der Waals surface area contributed by atoms with Gasteiger partial charge in [0, 0.05) is 30.3 Å². The number of amides is 2. The highest BCUT2D eigenvalue weighted by Crippen LogP contribution is 2.39. The molecule has 2 fully saturated rings. The third-order valence-electron chi connectivity index (χ3n) is 7.42. The second kappa shape index (κ2) is 10.5. The number of ether oxygens (including phenoxy) is 1. The third-order valence-corrected chi connectivity index (χ3v) is 9.09. The number of sulfonamides is 1. The normalized spacial score (nSPS) is 21.0. The van der Waals surface area contributed by atoms with Crippen molar-refractivity contribution in [3.05, 3.63) is 41.7 Å². The van der Waals surface area contributed by atoms with E-state index >= 15 is 0 Å². The van der Waals surface area contributed by atoms with E-state index in [0.717, 1.165) is 6.42 Å². The molecule has 0 spiro atoms. The maximum absolute atomic E-state index is 14.5. The van der Waals surface area contributed by atoms with Gasteiger partial charge in [0.15, 0.2) is 5.25 Å². The van der Waals surface area contributed by atoms with Crippen LogP contribution in [0.2, 0.25) is 0 Å². The maximum atomic E-state index is 14.5. The molecule has 9 nitrogen and oxygen atoms in total. The highest BCUT2D eigenvalue weighted by molar-refractivity contribution is 7.91. The molecule has 38 heavy (non-hydrogen) atoms. The van der Waals surface area contributed by atoms with E-state index in [1.165, 1.54) is 18.2 Å². The van der Waals surface area contributed by atoms with Crippen molar-refractivity contribution in [2.75, 3.05) is 24.6 Å². The molecular formula is C27H35FN4O5S. The molecule has 2 saturated heterocycles. The van der Waals surface area contributed by atoms with Crippen molar-refractivity contribution in [2.24, 2.45) is 11.8 Å². The van der Waals surface area contributed by atoms with E-state index in [9.17, 15) is 22.4 Å². The first-order valence-corrected chi connectivity index (χ1v) is 14.4. The van der Waals surface area contributed by atoms with Gasteiger partial charge in [-0.05, 0) is 62.8 Å². The summed E-state index contributed by atoms with van der Waals surface area (Å²) in [5.41, 5.74) is 0.569. The summed E-state index contributed by atoms with van der Waals surface area (Å²) in [5, 5.41) is 1.15. The molecule has 2 unspecified atom stereocenters. The first kappa shape index (κ1) is 27.8. The van der Waals surface area contributed by atoms with Crippen molar-refractivity contribution in [3.63, 3.8) is 0 Å². The number of hydrogen-bond acceptors (Lipinski definition) is 7. The summed E-state index contributed by atoms with van der Waals surface area (Å²) in [6, 6.07) is 7.40. The average Bonchev–Trinajstić information content (AvgIpc) is 3.39. The van der Waals surface area contributed by atoms with Crippen molar-refractivity contribution in [2.45, 2.75) is 58.2 Å². The van der Waals surface area contributed by atoms with Gasteiger partial charge in [-0.3, -0.25) is 9.59 Å². The lowest BCUT2D eigenvalue weighted by Gasteiger charge is -2.36. The van der Waals surface area contributed by atoms with E-state index in [-0.39, 0.29) is 35.9 Å². The van der Waals surface area contributed by atoms with E-state index in [1.807, 2.05) is 32.6 Å². The Labute approximate surface area is 223 Å². The van der Waals surface area contributed by atoms with Gasteiger partial charge in [0.1, 0.15) is 17.4 Å². The molecule has 0 radical (unpaired) electrons. The monoisotopic (exact) mass is 546 g/mol. The zero-order valence-electron chi connectivity index (χ0n) is 22.4. The molecule has 11 heteroatoms. The number of carbonyl (C=O) groups excluding carboxylic acids is 2. The number of nitrogens with one attached hydrogen (secondary N) is 2. The quantitative estimate of drug-likeness (QED) is 0.520. The summed E-state index contributed by atoms with van der Waals surface area (Å²) in [4.78, 5) is 32.1. The predicted molar refractivity (Wildman–Crippen MR) is 143 cm³/mol. The Kier molecular flexibility index (Phi) is 7.69. The Bertz CT molecular complexity index is 1340. The zero-order valence-corrected chi connectivity index (χ0v) is 23.2. The highest BCUT2D eigenvalue weighted by Gasteiger charge is 2.42. The lowest BCUT2D eigenvalue weighted by Crippen LogP contribution is -2.45. The molecule has 2 amide bonds. The van der Waals surface area contributed by atoms with Crippen molar-refractivity contribution in [1.29, 1.82) is 0 Å². The van der Waals surface area contributed by atoms with Crippen LogP contribution in [0, 0.1) is 17.7 Å². The molecule has 3 heterocycles. The van der Waals surface area contributed by atoms with E-state index < -0.39 is 32.9 Å². The molecule has 0 bridgehead atoms. The fourth-order valence-corrected chi connectivity index (χ4v) is 6.08. The fourth-order valence-electron chi connectivity index (χ4n) is 4.78. The number of pyridine rings is 1. The van der Waals surface area contributed by atoms with Gasteiger partial charge >= 0.3 is 0 Å². The van der Waals surface area contributed by atoms with Crippen LogP contribution in [-0.2, 0) is 14.8 Å². The lowest BCUT2D eigenvalue weighted by molar-refractivity contribution is -0.118. The van der Waals surface area contributed by atoms with Gasteiger partial charge in [0.2, 0.25) is 15.9 Å². The zero-order chi connectivity index (χ0) is 27.8. The number of halogens is 1. The van der Waals surface area contributed by atoms with Crippen molar-refractivity contribution in [3.8, 4) is 17.0 Å². The van der Waals surface area contributed by atoms with Gasteiger partial charge in [-0.25, -0.2) is 22.5 Å². The minimum Gasteiger partial charge on any atom is -0.493 e. The smallest absolute Gasteiger partial charge is 0.268 e. The first-order valence-electron chi connectivity index (χ1n) is 12.9. The molecule has 1 aromatic heterocycles. The van der Waals surface area contributed by atoms with Crippen LogP contribution in [-0.4, -0.2) is 55.7 Å². The largest absolute Gasteiger partial charge is 0.493 e. The number of anilines is 1. The summed E-state index contributed by atoms with van der Waals surface area (Å²) in [6.07, 6.45) is 0.941. The Hall–Kier alpha value is -3.21. The molecule has 206 valence electrons. The predicted octanol–water partition coefficient (Wildman–Crippen LogP) is 3.50. The van der Waals surface area contributed by atoms with Crippen molar-refractivity contribution < 1.29 is 27.1 Å². The third kappa shape index (κ3) is 5.62. The number of hydrogen-bond donors (Lipinski definition) is 2. The average molecular weight is 547 g/mol. The molecule has 2 aliphatic heterocycles. The van der Waals surface area contributed by atoms with E-state index in [4.69, 9.17) is 9.72 Å². The summed E-state index contributed by atoms with van der Waals surface area (Å²) < 4.78 is 48.0. The van der Waals surface area contributed by atoms with Crippen LogP contribution >= 0.6 is 0 Å². The molecule has 2 aromatic rings. The van der Waals surface area contributed by atoms with Crippen molar-refractivity contribution >= 4 is 27.7 Å². The second-order valence-corrected chi connectivity index (χ2v) is 12.9. The van der Waals surface area contributed by atoms with Gasteiger partial charge in [-0.15, -0.1) is 0 Å². The minimum atomic E-state index is -4.25. The molecule has 0 saturated carbocycles. The van der Waals surface area contributed by atoms with Crippen LogP contribution in [0.5, 0.6) is 5.75 Å². The summed E-state index contributed by atoms with van der Waals surface area (Å²) in [6.45, 7) is 11.4. The standard InChI is InChI=1S/C27H35FN4O5S/c1-16(2)15-37-20-13-18(12-19(28)14-20)22-7-6-21(24(30-22)32-11-9-17(3)27(32,4)5)25(33)31-38(35,36)23-8-10-29-26(23)34/h6-7,12-14,16-17,23H,8-11,15H2,1-5H3,(H,29,34)(H,31,33). The van der Waals surface area contributed by atoms with Crippen molar-refractivity contribution in [1.82, 2.24) is 15.0 Å². The summed E-state index contributed by atoms with van der Waals surface area (Å²) >= 11 is 0. The topological polar surface area (TPSA) is 118 Å². The molecule has 1 aromatic carbocycles. The van der Waals surface area contributed by atoms with Crippen LogP contribution in [0.25, 0.3) is 11.3 Å². The van der Waals surface area contributed by atoms with Gasteiger partial charge in [0.25, 0.3) is 5.91 Å². The van der Waals surface area contributed by atoms with Crippen LogP contribution in [0.3, 0.4) is 0 Å². The SMILES string of the molecule is CC(C)COc1cc(F)cc(-c2ccc(C(=O)NS(=O)(=O)C3CCNC3=O)c(N3CCC(C)C3(C)C)n2)c1. The van der Waals surface area contributed by atoms with Gasteiger partial charge < -0.3 is 15.0 Å². The van der Waals surface area contributed by atoms with Crippen LogP contribution < -0.4 is 19.7 Å². The maximum Gasteiger partial charge on any atom is 0.268 e. The highest BCUT2D eigenvalue weighted by atomic mass is 32.2. The Morgan fingerprint density at radius 1 is 1.26 bits per heavy atom. The lowest BCUT2D eigenvalue weighted by atomic mass is 9.90. The van der Waals surface area contributed by atoms with Crippen LogP contribution in [0.15, 0.2) is 30.3 Å². The van der Waals surface area contributed by atoms with Crippen LogP contribution in [0.4, 0.5) is 10.2 Å². The van der Waals surface area contributed by atoms with Crippen LogP contribution in [0.1, 0.15) is 57.8 Å². The molecule has 2 atom stereocenters. The van der Waals surface area contributed by atoms with E-state index in [2.05, 4.69) is 17.0 Å². The van der Waals surface area contributed by atoms with Gasteiger partial charge in [0.05, 0.1) is 17.9 Å². The first-order chi connectivity index (χ1) is 17.8. The molecule has 0 aliphatic carbocycles. The Morgan fingerprint density at radius 3 is 2.61 bits per heavy atom.